The Bertz CT molecular complexity index is 778. The van der Waals surface area contributed by atoms with E-state index in [1.54, 1.807) is 31.4 Å². The fourth-order valence-electron chi connectivity index (χ4n) is 2.85. The van der Waals surface area contributed by atoms with Crippen molar-refractivity contribution >= 4 is 23.2 Å². The zero-order chi connectivity index (χ0) is 19.8. The molecule has 2 aromatic carbocycles. The van der Waals surface area contributed by atoms with Crippen LogP contribution in [0.1, 0.15) is 27.0 Å². The number of nitrogens with one attached hydrogen (secondary N) is 3. The van der Waals surface area contributed by atoms with E-state index in [0.29, 0.717) is 18.7 Å². The van der Waals surface area contributed by atoms with E-state index in [4.69, 9.17) is 4.74 Å². The maximum absolute atomic E-state index is 12.2. The van der Waals surface area contributed by atoms with Gasteiger partial charge in [0, 0.05) is 30.6 Å². The molecule has 0 saturated carbocycles. The highest BCUT2D eigenvalue weighted by atomic mass is 16.5. The van der Waals surface area contributed by atoms with Crippen molar-refractivity contribution < 1.29 is 14.3 Å². The van der Waals surface area contributed by atoms with Crippen LogP contribution in [0.5, 0.6) is 0 Å². The van der Waals surface area contributed by atoms with Gasteiger partial charge in [0.05, 0.1) is 13.2 Å². The molecule has 0 spiro atoms. The number of carbonyl (C=O) groups is 2. The van der Waals surface area contributed by atoms with E-state index < -0.39 is 0 Å². The molecule has 0 saturated heterocycles. The summed E-state index contributed by atoms with van der Waals surface area (Å²) in [6.45, 7) is 7.09. The number of amides is 2. The maximum atomic E-state index is 12.2. The zero-order valence-electron chi connectivity index (χ0n) is 16.3. The standard InChI is InChI=1S/C21H27N3O3/c1-14-11-15(2)20(16(3)12-14)24-19(25)13-23-18-7-5-17(6-8-18)21(26)22-9-10-27-4/h5-8,11-12,23H,9-10,13H2,1-4H3,(H,22,26)(H,24,25). The Hall–Kier alpha value is -2.86. The summed E-state index contributed by atoms with van der Waals surface area (Å²) < 4.78 is 4.90. The summed E-state index contributed by atoms with van der Waals surface area (Å²) >= 11 is 0. The Morgan fingerprint density at radius 1 is 1.00 bits per heavy atom. The summed E-state index contributed by atoms with van der Waals surface area (Å²) in [7, 11) is 1.59. The lowest BCUT2D eigenvalue weighted by atomic mass is 10.1. The molecule has 0 unspecified atom stereocenters. The van der Waals surface area contributed by atoms with Crippen LogP contribution in [0.2, 0.25) is 0 Å². The molecule has 144 valence electrons. The van der Waals surface area contributed by atoms with Gasteiger partial charge < -0.3 is 20.7 Å². The third-order valence-electron chi connectivity index (χ3n) is 4.13. The molecule has 0 aliphatic heterocycles. The van der Waals surface area contributed by atoms with Crippen molar-refractivity contribution in [3.63, 3.8) is 0 Å². The van der Waals surface area contributed by atoms with Gasteiger partial charge in [0.1, 0.15) is 0 Å². The summed E-state index contributed by atoms with van der Waals surface area (Å²) in [4.78, 5) is 24.2. The van der Waals surface area contributed by atoms with Gasteiger partial charge in [-0.05, 0) is 56.2 Å². The summed E-state index contributed by atoms with van der Waals surface area (Å²) in [5.41, 5.74) is 5.46. The number of benzene rings is 2. The molecular weight excluding hydrogens is 342 g/mol. The minimum Gasteiger partial charge on any atom is -0.383 e. The molecule has 3 N–H and O–H groups in total. The minimum absolute atomic E-state index is 0.119. The molecule has 0 aliphatic rings. The van der Waals surface area contributed by atoms with Gasteiger partial charge in [-0.25, -0.2) is 0 Å². The monoisotopic (exact) mass is 369 g/mol. The van der Waals surface area contributed by atoms with Gasteiger partial charge in [-0.3, -0.25) is 9.59 Å². The van der Waals surface area contributed by atoms with E-state index >= 15 is 0 Å². The number of methoxy groups -OCH3 is 1. The highest BCUT2D eigenvalue weighted by Gasteiger charge is 2.09. The van der Waals surface area contributed by atoms with Crippen LogP contribution < -0.4 is 16.0 Å². The number of anilines is 2. The summed E-state index contributed by atoms with van der Waals surface area (Å²) in [5, 5.41) is 8.79. The number of ether oxygens (including phenoxy) is 1. The smallest absolute Gasteiger partial charge is 0.251 e. The normalized spacial score (nSPS) is 10.4. The summed E-state index contributed by atoms with van der Waals surface area (Å²) in [6.07, 6.45) is 0. The molecule has 0 aliphatic carbocycles. The first-order valence-corrected chi connectivity index (χ1v) is 8.89. The quantitative estimate of drug-likeness (QED) is 0.625. The first-order chi connectivity index (χ1) is 12.9. The van der Waals surface area contributed by atoms with Crippen LogP contribution in [-0.2, 0) is 9.53 Å². The third-order valence-corrected chi connectivity index (χ3v) is 4.13. The van der Waals surface area contributed by atoms with Gasteiger partial charge in [0.25, 0.3) is 5.91 Å². The molecule has 0 atom stereocenters. The van der Waals surface area contributed by atoms with Crippen molar-refractivity contribution in [1.82, 2.24) is 5.32 Å². The van der Waals surface area contributed by atoms with Crippen molar-refractivity contribution in [3.8, 4) is 0 Å². The molecule has 27 heavy (non-hydrogen) atoms. The lowest BCUT2D eigenvalue weighted by Crippen LogP contribution is -2.27. The molecule has 0 aromatic heterocycles. The highest BCUT2D eigenvalue weighted by Crippen LogP contribution is 2.21. The molecular formula is C21H27N3O3. The number of carbonyl (C=O) groups excluding carboxylic acids is 2. The van der Waals surface area contributed by atoms with Crippen LogP contribution in [0.15, 0.2) is 36.4 Å². The second kappa shape index (κ2) is 9.73. The first kappa shape index (κ1) is 20.5. The van der Waals surface area contributed by atoms with Crippen molar-refractivity contribution in [1.29, 1.82) is 0 Å². The molecule has 0 fully saturated rings. The number of hydrogen-bond donors (Lipinski definition) is 3. The van der Waals surface area contributed by atoms with E-state index in [1.165, 1.54) is 5.56 Å². The van der Waals surface area contributed by atoms with Gasteiger partial charge >= 0.3 is 0 Å². The minimum atomic E-state index is -0.151. The molecule has 2 rings (SSSR count). The van der Waals surface area contributed by atoms with Crippen molar-refractivity contribution in [2.75, 3.05) is 37.4 Å². The van der Waals surface area contributed by atoms with Crippen LogP contribution >= 0.6 is 0 Å². The van der Waals surface area contributed by atoms with Crippen LogP contribution in [0, 0.1) is 20.8 Å². The lowest BCUT2D eigenvalue weighted by molar-refractivity contribution is -0.114. The van der Waals surface area contributed by atoms with Gasteiger partial charge in [-0.15, -0.1) is 0 Å². The molecule has 0 bridgehead atoms. The highest BCUT2D eigenvalue weighted by molar-refractivity contribution is 5.96. The second-order valence-corrected chi connectivity index (χ2v) is 6.50. The molecule has 0 heterocycles. The number of hydrogen-bond acceptors (Lipinski definition) is 4. The Morgan fingerprint density at radius 3 is 2.22 bits per heavy atom. The van der Waals surface area contributed by atoms with Gasteiger partial charge in [0.2, 0.25) is 5.91 Å². The first-order valence-electron chi connectivity index (χ1n) is 8.89. The Balaban J connectivity index is 1.87. The van der Waals surface area contributed by atoms with E-state index in [-0.39, 0.29) is 18.4 Å². The second-order valence-electron chi connectivity index (χ2n) is 6.50. The topological polar surface area (TPSA) is 79.5 Å². The summed E-state index contributed by atoms with van der Waals surface area (Å²) in [6, 6.07) is 11.1. The number of rotatable bonds is 8. The van der Waals surface area contributed by atoms with E-state index in [1.807, 2.05) is 32.9 Å². The van der Waals surface area contributed by atoms with Crippen LogP contribution in [-0.4, -0.2) is 38.6 Å². The number of aryl methyl sites for hydroxylation is 3. The summed E-state index contributed by atoms with van der Waals surface area (Å²) in [5.74, 6) is -0.270. The molecule has 0 radical (unpaired) electrons. The fraction of sp³-hybridized carbons (Fsp3) is 0.333. The van der Waals surface area contributed by atoms with Gasteiger partial charge in [-0.2, -0.15) is 0 Å². The van der Waals surface area contributed by atoms with Crippen molar-refractivity contribution in [3.05, 3.63) is 58.7 Å². The van der Waals surface area contributed by atoms with Gasteiger partial charge in [0.15, 0.2) is 0 Å². The SMILES string of the molecule is COCCNC(=O)c1ccc(NCC(=O)Nc2c(C)cc(C)cc2C)cc1. The lowest BCUT2D eigenvalue weighted by Gasteiger charge is -2.13. The van der Waals surface area contributed by atoms with Crippen LogP contribution in [0.3, 0.4) is 0 Å². The largest absolute Gasteiger partial charge is 0.383 e. The molecule has 6 nitrogen and oxygen atoms in total. The molecule has 6 heteroatoms. The van der Waals surface area contributed by atoms with E-state index in [9.17, 15) is 9.59 Å². The predicted octanol–water partition coefficient (Wildman–Crippen LogP) is 3.04. The van der Waals surface area contributed by atoms with Crippen LogP contribution in [0.25, 0.3) is 0 Å². The van der Waals surface area contributed by atoms with E-state index in [2.05, 4.69) is 16.0 Å². The van der Waals surface area contributed by atoms with E-state index in [0.717, 1.165) is 22.5 Å². The Kier molecular flexibility index (Phi) is 7.37. The Labute approximate surface area is 160 Å². The van der Waals surface area contributed by atoms with Crippen molar-refractivity contribution in [2.45, 2.75) is 20.8 Å². The molecule has 2 aromatic rings. The fourth-order valence-corrected chi connectivity index (χ4v) is 2.85. The van der Waals surface area contributed by atoms with Crippen molar-refractivity contribution in [2.24, 2.45) is 0 Å². The molecule has 2 amide bonds. The van der Waals surface area contributed by atoms with Crippen LogP contribution in [0.4, 0.5) is 11.4 Å². The average Bonchev–Trinajstić information content (AvgIpc) is 2.63. The Morgan fingerprint density at radius 2 is 1.63 bits per heavy atom. The third kappa shape index (κ3) is 6.11. The predicted molar refractivity (Wildman–Crippen MR) is 108 cm³/mol. The zero-order valence-corrected chi connectivity index (χ0v) is 16.3. The van der Waals surface area contributed by atoms with Gasteiger partial charge in [-0.1, -0.05) is 17.7 Å². The maximum Gasteiger partial charge on any atom is 0.251 e. The average molecular weight is 369 g/mol.